The lowest BCUT2D eigenvalue weighted by Crippen LogP contribution is -2.37. The first-order chi connectivity index (χ1) is 15.0. The highest BCUT2D eigenvalue weighted by atomic mass is 19.4. The van der Waals surface area contributed by atoms with E-state index in [9.17, 15) is 18.0 Å². The highest BCUT2D eigenvalue weighted by Gasteiger charge is 2.31. The fourth-order valence-electron chi connectivity index (χ4n) is 4.25. The van der Waals surface area contributed by atoms with Crippen LogP contribution < -0.4 is 0 Å². The van der Waals surface area contributed by atoms with Crippen molar-refractivity contribution in [1.29, 1.82) is 0 Å². The molecule has 1 fully saturated rings. The predicted molar refractivity (Wildman–Crippen MR) is 119 cm³/mol. The van der Waals surface area contributed by atoms with Crippen LogP contribution in [0.4, 0.5) is 13.2 Å². The predicted octanol–water partition coefficient (Wildman–Crippen LogP) is 5.26. The van der Waals surface area contributed by atoms with Gasteiger partial charge in [0.25, 0.3) is 0 Å². The Morgan fingerprint density at radius 2 is 1.75 bits per heavy atom. The number of hydrogen-bond acceptors (Lipinski definition) is 3. The van der Waals surface area contributed by atoms with Gasteiger partial charge in [-0.25, -0.2) is 0 Å². The molecule has 2 heterocycles. The third-order valence-electron chi connectivity index (χ3n) is 6.01. The van der Waals surface area contributed by atoms with Gasteiger partial charge >= 0.3 is 6.18 Å². The van der Waals surface area contributed by atoms with Crippen LogP contribution in [-0.4, -0.2) is 48.1 Å². The summed E-state index contributed by atoms with van der Waals surface area (Å²) in [5.41, 5.74) is 2.05. The molecule has 32 heavy (non-hydrogen) atoms. The molecular weight excluding hydrogens is 417 g/mol. The molecule has 0 bridgehead atoms. The van der Waals surface area contributed by atoms with Crippen molar-refractivity contribution in [1.82, 2.24) is 9.47 Å². The Bertz CT molecular complexity index is 936. The number of ether oxygens (including phenoxy) is 1. The molecule has 0 aliphatic carbocycles. The zero-order valence-corrected chi connectivity index (χ0v) is 19.4. The Balaban J connectivity index is 1.78. The van der Waals surface area contributed by atoms with Gasteiger partial charge in [-0.05, 0) is 31.0 Å². The highest BCUT2D eigenvalue weighted by molar-refractivity contribution is 5.99. The van der Waals surface area contributed by atoms with Gasteiger partial charge < -0.3 is 9.30 Å². The van der Waals surface area contributed by atoms with Crippen LogP contribution in [0.3, 0.4) is 0 Å². The molecule has 0 atom stereocenters. The van der Waals surface area contributed by atoms with E-state index in [1.807, 2.05) is 13.0 Å². The molecule has 4 nitrogen and oxygen atoms in total. The molecule has 176 valence electrons. The number of nitrogens with zero attached hydrogens (tertiary/aromatic N) is 2. The van der Waals surface area contributed by atoms with Gasteiger partial charge in [0.1, 0.15) is 0 Å². The van der Waals surface area contributed by atoms with E-state index in [2.05, 4.69) is 30.2 Å². The lowest BCUT2D eigenvalue weighted by Gasteiger charge is -2.27. The van der Waals surface area contributed by atoms with Crippen molar-refractivity contribution in [2.24, 2.45) is 0 Å². The van der Waals surface area contributed by atoms with Crippen molar-refractivity contribution < 1.29 is 22.7 Å². The van der Waals surface area contributed by atoms with Crippen molar-refractivity contribution in [3.8, 4) is 0 Å². The molecule has 0 spiro atoms. The van der Waals surface area contributed by atoms with E-state index in [1.54, 1.807) is 6.07 Å². The van der Waals surface area contributed by atoms with Crippen LogP contribution in [0.1, 0.15) is 60.1 Å². The minimum Gasteiger partial charge on any atom is -0.379 e. The summed E-state index contributed by atoms with van der Waals surface area (Å²) in [6.45, 7) is 13.5. The molecule has 1 aliphatic heterocycles. The molecule has 0 unspecified atom stereocenters. The van der Waals surface area contributed by atoms with Gasteiger partial charge in [0.05, 0.1) is 18.8 Å². The van der Waals surface area contributed by atoms with Crippen molar-refractivity contribution in [3.63, 3.8) is 0 Å². The van der Waals surface area contributed by atoms with Gasteiger partial charge in [-0.1, -0.05) is 39.0 Å². The average molecular weight is 451 g/mol. The first kappa shape index (κ1) is 24.5. The summed E-state index contributed by atoms with van der Waals surface area (Å²) in [6.07, 6.45) is -3.51. The lowest BCUT2D eigenvalue weighted by atomic mass is 9.91. The summed E-state index contributed by atoms with van der Waals surface area (Å²) >= 11 is 0. The van der Waals surface area contributed by atoms with Crippen molar-refractivity contribution in [2.45, 2.75) is 58.7 Å². The van der Waals surface area contributed by atoms with Crippen LogP contribution in [-0.2, 0) is 29.3 Å². The number of alkyl halides is 3. The standard InChI is InChI=1S/C25H33F3N2O2/c1-18-21(22(31)16-19-7-5-8-20(15-19)25(26,27)28)17-23(24(2,3)4)30(18)10-6-9-29-11-13-32-14-12-29/h5,7-8,15,17H,6,9-14,16H2,1-4H3. The van der Waals surface area contributed by atoms with Crippen molar-refractivity contribution in [3.05, 3.63) is 58.4 Å². The third-order valence-corrected chi connectivity index (χ3v) is 6.01. The maximum atomic E-state index is 13.1. The van der Waals surface area contributed by atoms with Crippen LogP contribution in [0.5, 0.6) is 0 Å². The summed E-state index contributed by atoms with van der Waals surface area (Å²) in [5, 5.41) is 0. The Hall–Kier alpha value is -2.12. The minimum absolute atomic E-state index is 0.0495. The average Bonchev–Trinajstić information content (AvgIpc) is 3.05. The molecule has 7 heteroatoms. The molecule has 0 saturated carbocycles. The van der Waals surface area contributed by atoms with Gasteiger partial charge in [0, 0.05) is 55.0 Å². The Morgan fingerprint density at radius 1 is 1.06 bits per heavy atom. The summed E-state index contributed by atoms with van der Waals surface area (Å²) in [5.74, 6) is -0.153. The fourth-order valence-corrected chi connectivity index (χ4v) is 4.25. The molecular formula is C25H33F3N2O2. The quantitative estimate of drug-likeness (QED) is 0.540. The van der Waals surface area contributed by atoms with E-state index in [-0.39, 0.29) is 17.6 Å². The SMILES string of the molecule is Cc1c(C(=O)Cc2cccc(C(F)(F)F)c2)cc(C(C)(C)C)n1CCCN1CCOCC1. The number of hydrogen-bond donors (Lipinski definition) is 0. The Kier molecular flexibility index (Phi) is 7.50. The van der Waals surface area contributed by atoms with Crippen LogP contribution in [0.15, 0.2) is 30.3 Å². The number of halogens is 3. The number of Topliss-reactive ketones (excluding diaryl/α,β-unsaturated/α-hetero) is 1. The lowest BCUT2D eigenvalue weighted by molar-refractivity contribution is -0.137. The summed E-state index contributed by atoms with van der Waals surface area (Å²) < 4.78 is 46.7. The van der Waals surface area contributed by atoms with E-state index in [0.717, 1.165) is 69.3 Å². The third kappa shape index (κ3) is 6.01. The van der Waals surface area contributed by atoms with Gasteiger partial charge in [-0.15, -0.1) is 0 Å². The van der Waals surface area contributed by atoms with Crippen molar-refractivity contribution in [2.75, 3.05) is 32.8 Å². The molecule has 0 radical (unpaired) electrons. The smallest absolute Gasteiger partial charge is 0.379 e. The largest absolute Gasteiger partial charge is 0.416 e. The highest BCUT2D eigenvalue weighted by Crippen LogP contribution is 2.31. The van der Waals surface area contributed by atoms with Crippen LogP contribution >= 0.6 is 0 Å². The zero-order chi connectivity index (χ0) is 23.5. The summed E-state index contributed by atoms with van der Waals surface area (Å²) in [7, 11) is 0. The first-order valence-electron chi connectivity index (χ1n) is 11.2. The Morgan fingerprint density at radius 3 is 2.38 bits per heavy atom. The van der Waals surface area contributed by atoms with E-state index >= 15 is 0 Å². The number of benzene rings is 1. The Labute approximate surface area is 188 Å². The van der Waals surface area contributed by atoms with E-state index in [0.29, 0.717) is 11.1 Å². The molecule has 3 rings (SSSR count). The summed E-state index contributed by atoms with van der Waals surface area (Å²) in [4.78, 5) is 15.5. The van der Waals surface area contributed by atoms with Gasteiger partial charge in [0.2, 0.25) is 0 Å². The van der Waals surface area contributed by atoms with Gasteiger partial charge in [0.15, 0.2) is 5.78 Å². The topological polar surface area (TPSA) is 34.5 Å². The maximum absolute atomic E-state index is 13.1. The fraction of sp³-hybridized carbons (Fsp3) is 0.560. The number of aromatic nitrogens is 1. The van der Waals surface area contributed by atoms with Gasteiger partial charge in [-0.2, -0.15) is 13.2 Å². The van der Waals surface area contributed by atoms with Gasteiger partial charge in [-0.3, -0.25) is 9.69 Å². The maximum Gasteiger partial charge on any atom is 0.416 e. The normalized spacial score (nSPS) is 15.8. The van der Waals surface area contributed by atoms with Crippen LogP contribution in [0.25, 0.3) is 0 Å². The number of rotatable bonds is 7. The second kappa shape index (κ2) is 9.79. The summed E-state index contributed by atoms with van der Waals surface area (Å²) in [6, 6.07) is 6.96. The van der Waals surface area contributed by atoms with E-state index in [4.69, 9.17) is 4.74 Å². The number of carbonyl (C=O) groups is 1. The minimum atomic E-state index is -4.42. The molecule has 1 aliphatic rings. The second-order valence-corrected chi connectivity index (χ2v) is 9.54. The molecule has 1 aromatic carbocycles. The molecule has 0 N–H and O–H groups in total. The first-order valence-corrected chi connectivity index (χ1v) is 11.2. The molecule has 1 aromatic heterocycles. The second-order valence-electron chi connectivity index (χ2n) is 9.54. The monoisotopic (exact) mass is 450 g/mol. The zero-order valence-electron chi connectivity index (χ0n) is 19.4. The van der Waals surface area contributed by atoms with E-state index in [1.165, 1.54) is 6.07 Å². The number of carbonyl (C=O) groups excluding carboxylic acids is 1. The van der Waals surface area contributed by atoms with Crippen LogP contribution in [0.2, 0.25) is 0 Å². The van der Waals surface area contributed by atoms with Crippen molar-refractivity contribution >= 4 is 5.78 Å². The van der Waals surface area contributed by atoms with Crippen LogP contribution in [0, 0.1) is 6.92 Å². The molecule has 1 saturated heterocycles. The number of ketones is 1. The number of morpholine rings is 1. The molecule has 2 aromatic rings. The van der Waals surface area contributed by atoms with E-state index < -0.39 is 11.7 Å². The molecule has 0 amide bonds.